The van der Waals surface area contributed by atoms with Crippen LogP contribution >= 0.6 is 11.8 Å². The van der Waals surface area contributed by atoms with Crippen molar-refractivity contribution in [2.24, 2.45) is 5.73 Å². The fourth-order valence-corrected chi connectivity index (χ4v) is 2.34. The van der Waals surface area contributed by atoms with Gasteiger partial charge in [-0.05, 0) is 56.6 Å². The molecule has 1 aromatic carbocycles. The van der Waals surface area contributed by atoms with Gasteiger partial charge in [0.15, 0.2) is 0 Å². The Balaban J connectivity index is 2.70. The molecule has 0 amide bonds. The lowest BCUT2D eigenvalue weighted by atomic mass is 10.0. The fraction of sp³-hybridized carbons (Fsp3) is 0.538. The van der Waals surface area contributed by atoms with Crippen molar-refractivity contribution in [2.45, 2.75) is 44.0 Å². The van der Waals surface area contributed by atoms with Gasteiger partial charge in [-0.25, -0.2) is 4.39 Å². The lowest BCUT2D eigenvalue weighted by molar-refractivity contribution is 0.588. The SMILES string of the molecule is CSc1cc(CCCC(C)N)cc(C)c1F. The van der Waals surface area contributed by atoms with E-state index in [9.17, 15) is 4.39 Å². The highest BCUT2D eigenvalue weighted by atomic mass is 32.2. The van der Waals surface area contributed by atoms with Crippen molar-refractivity contribution in [1.29, 1.82) is 0 Å². The van der Waals surface area contributed by atoms with E-state index in [1.165, 1.54) is 17.3 Å². The topological polar surface area (TPSA) is 26.0 Å². The molecule has 0 aliphatic rings. The summed E-state index contributed by atoms with van der Waals surface area (Å²) in [5.74, 6) is -0.0801. The predicted molar refractivity (Wildman–Crippen MR) is 69.5 cm³/mol. The highest BCUT2D eigenvalue weighted by Gasteiger charge is 2.07. The van der Waals surface area contributed by atoms with Gasteiger partial charge in [0, 0.05) is 10.9 Å². The van der Waals surface area contributed by atoms with Crippen LogP contribution in [0.5, 0.6) is 0 Å². The molecule has 0 heterocycles. The zero-order valence-electron chi connectivity index (χ0n) is 10.2. The molecule has 90 valence electrons. The largest absolute Gasteiger partial charge is 0.328 e. The van der Waals surface area contributed by atoms with Crippen molar-refractivity contribution in [3.05, 3.63) is 29.1 Å². The quantitative estimate of drug-likeness (QED) is 0.798. The molecule has 0 fully saturated rings. The average Bonchev–Trinajstić information content (AvgIpc) is 2.22. The summed E-state index contributed by atoms with van der Waals surface area (Å²) in [6, 6.07) is 4.14. The second-order valence-corrected chi connectivity index (χ2v) is 5.15. The summed E-state index contributed by atoms with van der Waals surface area (Å²) in [7, 11) is 0. The Bertz CT molecular complexity index is 350. The number of nitrogens with two attached hydrogens (primary N) is 1. The van der Waals surface area contributed by atoms with Crippen molar-refractivity contribution >= 4 is 11.8 Å². The molecular weight excluding hydrogens is 221 g/mol. The highest BCUT2D eigenvalue weighted by Crippen LogP contribution is 2.24. The van der Waals surface area contributed by atoms with Crippen LogP contribution in [0.2, 0.25) is 0 Å². The molecule has 0 radical (unpaired) electrons. The Hall–Kier alpha value is -0.540. The van der Waals surface area contributed by atoms with Crippen LogP contribution < -0.4 is 5.73 Å². The molecule has 3 heteroatoms. The van der Waals surface area contributed by atoms with E-state index < -0.39 is 0 Å². The van der Waals surface area contributed by atoms with Crippen LogP contribution in [0.1, 0.15) is 30.9 Å². The van der Waals surface area contributed by atoms with Gasteiger partial charge < -0.3 is 5.73 Å². The maximum atomic E-state index is 13.6. The van der Waals surface area contributed by atoms with Gasteiger partial charge >= 0.3 is 0 Å². The van der Waals surface area contributed by atoms with Gasteiger partial charge in [-0.2, -0.15) is 0 Å². The molecule has 2 N–H and O–H groups in total. The zero-order valence-corrected chi connectivity index (χ0v) is 11.0. The summed E-state index contributed by atoms with van der Waals surface area (Å²) in [5, 5.41) is 0. The number of benzene rings is 1. The number of rotatable bonds is 5. The fourth-order valence-electron chi connectivity index (χ4n) is 1.73. The minimum Gasteiger partial charge on any atom is -0.328 e. The molecule has 0 aromatic heterocycles. The Morgan fingerprint density at radius 1 is 1.44 bits per heavy atom. The third-order valence-corrected chi connectivity index (χ3v) is 3.36. The van der Waals surface area contributed by atoms with Gasteiger partial charge in [-0.3, -0.25) is 0 Å². The van der Waals surface area contributed by atoms with E-state index in [0.29, 0.717) is 0 Å². The standard InChI is InChI=1S/C13H20FNS/c1-9-7-11(6-4-5-10(2)15)8-12(16-3)13(9)14/h7-8,10H,4-6,15H2,1-3H3. The monoisotopic (exact) mass is 241 g/mol. The molecule has 0 saturated heterocycles. The van der Waals surface area contributed by atoms with Crippen molar-refractivity contribution in [2.75, 3.05) is 6.26 Å². The maximum absolute atomic E-state index is 13.6. The molecule has 1 nitrogen and oxygen atoms in total. The molecule has 1 aromatic rings. The smallest absolute Gasteiger partial charge is 0.139 e. The summed E-state index contributed by atoms with van der Waals surface area (Å²) in [5.41, 5.74) is 7.65. The van der Waals surface area contributed by atoms with Crippen molar-refractivity contribution in [3.8, 4) is 0 Å². The molecule has 1 rings (SSSR count). The summed E-state index contributed by atoms with van der Waals surface area (Å²) < 4.78 is 13.6. The summed E-state index contributed by atoms with van der Waals surface area (Å²) in [4.78, 5) is 0.746. The van der Waals surface area contributed by atoms with Gasteiger partial charge in [0.25, 0.3) is 0 Å². The minimum atomic E-state index is -0.0801. The van der Waals surface area contributed by atoms with E-state index in [-0.39, 0.29) is 11.9 Å². The first-order valence-electron chi connectivity index (χ1n) is 5.63. The molecule has 0 spiro atoms. The van der Waals surface area contributed by atoms with Crippen molar-refractivity contribution in [1.82, 2.24) is 0 Å². The molecular formula is C13H20FNS. The lowest BCUT2D eigenvalue weighted by Gasteiger charge is -2.09. The van der Waals surface area contributed by atoms with Crippen LogP contribution in [0.15, 0.2) is 17.0 Å². The summed E-state index contributed by atoms with van der Waals surface area (Å²) in [6.07, 6.45) is 4.97. The maximum Gasteiger partial charge on any atom is 0.139 e. The van der Waals surface area contributed by atoms with Gasteiger partial charge in [0.2, 0.25) is 0 Å². The Kier molecular flexibility index (Phi) is 5.29. The average molecular weight is 241 g/mol. The van der Waals surface area contributed by atoms with Crippen molar-refractivity contribution in [3.63, 3.8) is 0 Å². The third-order valence-electron chi connectivity index (χ3n) is 2.63. The highest BCUT2D eigenvalue weighted by molar-refractivity contribution is 7.98. The molecule has 0 aliphatic carbocycles. The van der Waals surface area contributed by atoms with Gasteiger partial charge in [-0.15, -0.1) is 11.8 Å². The first-order valence-corrected chi connectivity index (χ1v) is 6.85. The van der Waals surface area contributed by atoms with E-state index in [4.69, 9.17) is 5.73 Å². The summed E-state index contributed by atoms with van der Waals surface area (Å²) in [6.45, 7) is 3.84. The molecule has 1 unspecified atom stereocenters. The number of aryl methyl sites for hydroxylation is 2. The number of hydrogen-bond donors (Lipinski definition) is 1. The molecule has 1 atom stereocenters. The van der Waals surface area contributed by atoms with E-state index >= 15 is 0 Å². The van der Waals surface area contributed by atoms with Crippen LogP contribution in [-0.2, 0) is 6.42 Å². The first kappa shape index (κ1) is 13.5. The van der Waals surface area contributed by atoms with Crippen LogP contribution in [-0.4, -0.2) is 12.3 Å². The molecule has 0 bridgehead atoms. The Morgan fingerprint density at radius 2 is 2.12 bits per heavy atom. The zero-order chi connectivity index (χ0) is 12.1. The van der Waals surface area contributed by atoms with E-state index in [0.717, 1.165) is 29.7 Å². The lowest BCUT2D eigenvalue weighted by Crippen LogP contribution is -2.14. The van der Waals surface area contributed by atoms with Gasteiger partial charge in [-0.1, -0.05) is 6.07 Å². The number of halogens is 1. The van der Waals surface area contributed by atoms with Crippen LogP contribution in [0.25, 0.3) is 0 Å². The van der Waals surface area contributed by atoms with Crippen LogP contribution in [0.3, 0.4) is 0 Å². The van der Waals surface area contributed by atoms with E-state index in [1.807, 2.05) is 32.2 Å². The van der Waals surface area contributed by atoms with Gasteiger partial charge in [0.05, 0.1) is 0 Å². The number of hydrogen-bond acceptors (Lipinski definition) is 2. The second kappa shape index (κ2) is 6.26. The molecule has 0 aliphatic heterocycles. The van der Waals surface area contributed by atoms with Gasteiger partial charge in [0.1, 0.15) is 5.82 Å². The van der Waals surface area contributed by atoms with Crippen LogP contribution in [0, 0.1) is 12.7 Å². The molecule has 0 saturated carbocycles. The Morgan fingerprint density at radius 3 is 2.69 bits per heavy atom. The minimum absolute atomic E-state index is 0.0801. The predicted octanol–water partition coefficient (Wildman–Crippen LogP) is 3.53. The van der Waals surface area contributed by atoms with E-state index in [1.54, 1.807) is 0 Å². The Labute approximate surface area is 102 Å². The normalized spacial score (nSPS) is 12.8. The third kappa shape index (κ3) is 3.80. The number of thioether (sulfide) groups is 1. The first-order chi connectivity index (χ1) is 7.54. The molecule has 16 heavy (non-hydrogen) atoms. The summed E-state index contributed by atoms with van der Waals surface area (Å²) >= 11 is 1.46. The van der Waals surface area contributed by atoms with E-state index in [2.05, 4.69) is 0 Å². The van der Waals surface area contributed by atoms with Crippen LogP contribution in [0.4, 0.5) is 4.39 Å². The second-order valence-electron chi connectivity index (χ2n) is 4.30. The van der Waals surface area contributed by atoms with Crippen molar-refractivity contribution < 1.29 is 4.39 Å².